The summed E-state index contributed by atoms with van der Waals surface area (Å²) in [6, 6.07) is 6.17. The molecule has 0 bridgehead atoms. The number of nitrogens with zero attached hydrogens (tertiary/aromatic N) is 1. The summed E-state index contributed by atoms with van der Waals surface area (Å²) >= 11 is 0. The first kappa shape index (κ1) is 12.1. The SMILES string of the molecule is CC(C)CC(=O)N1CCc2cc(CN)ccc21. The summed E-state index contributed by atoms with van der Waals surface area (Å²) in [4.78, 5) is 14.0. The van der Waals surface area contributed by atoms with Crippen molar-refractivity contribution in [1.82, 2.24) is 0 Å². The van der Waals surface area contributed by atoms with E-state index in [0.29, 0.717) is 18.9 Å². The molecule has 2 N–H and O–H groups in total. The first-order chi connectivity index (χ1) is 8.11. The number of anilines is 1. The normalized spacial score (nSPS) is 14.2. The van der Waals surface area contributed by atoms with Crippen LogP contribution >= 0.6 is 0 Å². The Kier molecular flexibility index (Phi) is 3.48. The molecule has 3 nitrogen and oxygen atoms in total. The molecule has 3 heteroatoms. The molecule has 0 radical (unpaired) electrons. The van der Waals surface area contributed by atoms with Crippen LogP contribution in [0.3, 0.4) is 0 Å². The Balaban J connectivity index is 2.19. The molecule has 2 rings (SSSR count). The van der Waals surface area contributed by atoms with Crippen LogP contribution in [0.2, 0.25) is 0 Å². The quantitative estimate of drug-likeness (QED) is 0.867. The topological polar surface area (TPSA) is 46.3 Å². The summed E-state index contributed by atoms with van der Waals surface area (Å²) in [6.07, 6.45) is 1.57. The fourth-order valence-electron chi connectivity index (χ4n) is 2.30. The molecule has 0 atom stereocenters. The lowest BCUT2D eigenvalue weighted by Crippen LogP contribution is -2.29. The Morgan fingerprint density at radius 1 is 1.47 bits per heavy atom. The largest absolute Gasteiger partial charge is 0.326 e. The molecular weight excluding hydrogens is 212 g/mol. The zero-order chi connectivity index (χ0) is 12.4. The van der Waals surface area contributed by atoms with Gasteiger partial charge in [-0.1, -0.05) is 26.0 Å². The van der Waals surface area contributed by atoms with Gasteiger partial charge in [-0.2, -0.15) is 0 Å². The molecule has 0 saturated carbocycles. The monoisotopic (exact) mass is 232 g/mol. The van der Waals surface area contributed by atoms with Crippen molar-refractivity contribution in [1.29, 1.82) is 0 Å². The molecule has 1 aromatic carbocycles. The van der Waals surface area contributed by atoms with E-state index in [0.717, 1.165) is 24.2 Å². The Morgan fingerprint density at radius 3 is 2.88 bits per heavy atom. The third-order valence-corrected chi connectivity index (χ3v) is 3.16. The zero-order valence-electron chi connectivity index (χ0n) is 10.6. The van der Waals surface area contributed by atoms with Crippen LogP contribution in [-0.4, -0.2) is 12.5 Å². The molecule has 0 unspecified atom stereocenters. The lowest BCUT2D eigenvalue weighted by molar-refractivity contribution is -0.119. The van der Waals surface area contributed by atoms with E-state index in [1.54, 1.807) is 0 Å². The van der Waals surface area contributed by atoms with Gasteiger partial charge < -0.3 is 10.6 Å². The van der Waals surface area contributed by atoms with Crippen LogP contribution in [0.5, 0.6) is 0 Å². The number of fused-ring (bicyclic) bond motifs is 1. The van der Waals surface area contributed by atoms with Crippen LogP contribution < -0.4 is 10.6 Å². The molecule has 0 aliphatic carbocycles. The van der Waals surface area contributed by atoms with Gasteiger partial charge in [0.15, 0.2) is 0 Å². The number of hydrogen-bond donors (Lipinski definition) is 1. The number of hydrogen-bond acceptors (Lipinski definition) is 2. The van der Waals surface area contributed by atoms with Gasteiger partial charge in [0, 0.05) is 25.2 Å². The molecule has 1 aromatic rings. The van der Waals surface area contributed by atoms with Crippen molar-refractivity contribution in [3.63, 3.8) is 0 Å². The van der Waals surface area contributed by atoms with Crippen LogP contribution in [0.1, 0.15) is 31.4 Å². The molecule has 0 spiro atoms. The minimum Gasteiger partial charge on any atom is -0.326 e. The molecule has 0 saturated heterocycles. The number of rotatable bonds is 3. The summed E-state index contributed by atoms with van der Waals surface area (Å²) in [5, 5.41) is 0. The summed E-state index contributed by atoms with van der Waals surface area (Å²) in [6.45, 7) is 5.53. The zero-order valence-corrected chi connectivity index (χ0v) is 10.6. The van der Waals surface area contributed by atoms with Crippen molar-refractivity contribution < 1.29 is 4.79 Å². The second kappa shape index (κ2) is 4.88. The molecule has 92 valence electrons. The van der Waals surface area contributed by atoms with Crippen LogP contribution in [-0.2, 0) is 17.8 Å². The van der Waals surface area contributed by atoms with Crippen molar-refractivity contribution in [2.45, 2.75) is 33.2 Å². The second-order valence-corrected chi connectivity index (χ2v) is 5.06. The molecule has 0 fully saturated rings. The minimum atomic E-state index is 0.235. The fraction of sp³-hybridized carbons (Fsp3) is 0.500. The Labute approximate surface area is 103 Å². The molecule has 17 heavy (non-hydrogen) atoms. The number of carbonyl (C=O) groups excluding carboxylic acids is 1. The summed E-state index contributed by atoms with van der Waals surface area (Å²) in [5.74, 6) is 0.647. The molecule has 1 aliphatic heterocycles. The molecule has 0 aromatic heterocycles. The predicted molar refractivity (Wildman–Crippen MR) is 69.8 cm³/mol. The maximum atomic E-state index is 12.1. The maximum absolute atomic E-state index is 12.1. The highest BCUT2D eigenvalue weighted by Crippen LogP contribution is 2.29. The third kappa shape index (κ3) is 2.50. The van der Waals surface area contributed by atoms with Gasteiger partial charge in [0.05, 0.1) is 0 Å². The van der Waals surface area contributed by atoms with Gasteiger partial charge in [-0.05, 0) is 29.5 Å². The van der Waals surface area contributed by atoms with E-state index >= 15 is 0 Å². The first-order valence-corrected chi connectivity index (χ1v) is 6.24. The Hall–Kier alpha value is -1.35. The van der Waals surface area contributed by atoms with Crippen molar-refractivity contribution in [3.05, 3.63) is 29.3 Å². The van der Waals surface area contributed by atoms with Gasteiger partial charge >= 0.3 is 0 Å². The smallest absolute Gasteiger partial charge is 0.227 e. The number of amides is 1. The van der Waals surface area contributed by atoms with E-state index in [4.69, 9.17) is 5.73 Å². The summed E-state index contributed by atoms with van der Waals surface area (Å²) in [7, 11) is 0. The molecular formula is C14H20N2O. The Bertz CT molecular complexity index is 426. The minimum absolute atomic E-state index is 0.235. The maximum Gasteiger partial charge on any atom is 0.227 e. The average Bonchev–Trinajstić information content (AvgIpc) is 2.70. The number of benzene rings is 1. The van der Waals surface area contributed by atoms with Gasteiger partial charge in [0.1, 0.15) is 0 Å². The lowest BCUT2D eigenvalue weighted by Gasteiger charge is -2.18. The Morgan fingerprint density at radius 2 is 2.24 bits per heavy atom. The van der Waals surface area contributed by atoms with E-state index < -0.39 is 0 Å². The standard InChI is InChI=1S/C14H20N2O/c1-10(2)7-14(17)16-6-5-12-8-11(9-15)3-4-13(12)16/h3-4,8,10H,5-7,9,15H2,1-2H3. The third-order valence-electron chi connectivity index (χ3n) is 3.16. The lowest BCUT2D eigenvalue weighted by atomic mass is 10.1. The van der Waals surface area contributed by atoms with Crippen LogP contribution in [0.4, 0.5) is 5.69 Å². The van der Waals surface area contributed by atoms with Gasteiger partial charge in [-0.15, -0.1) is 0 Å². The van der Waals surface area contributed by atoms with Crippen LogP contribution in [0.25, 0.3) is 0 Å². The summed E-state index contributed by atoms with van der Waals surface area (Å²) < 4.78 is 0. The van der Waals surface area contributed by atoms with Crippen molar-refractivity contribution in [2.75, 3.05) is 11.4 Å². The highest BCUT2D eigenvalue weighted by Gasteiger charge is 2.24. The molecule has 1 aliphatic rings. The first-order valence-electron chi connectivity index (χ1n) is 6.24. The van der Waals surface area contributed by atoms with Crippen molar-refractivity contribution in [2.24, 2.45) is 11.7 Å². The van der Waals surface area contributed by atoms with E-state index in [2.05, 4.69) is 19.9 Å². The highest BCUT2D eigenvalue weighted by atomic mass is 16.2. The van der Waals surface area contributed by atoms with E-state index in [-0.39, 0.29) is 5.91 Å². The van der Waals surface area contributed by atoms with Gasteiger partial charge in [-0.3, -0.25) is 4.79 Å². The van der Waals surface area contributed by atoms with Gasteiger partial charge in [0.25, 0.3) is 0 Å². The van der Waals surface area contributed by atoms with Gasteiger partial charge in [0.2, 0.25) is 5.91 Å². The number of nitrogens with two attached hydrogens (primary N) is 1. The highest BCUT2D eigenvalue weighted by molar-refractivity contribution is 5.95. The van der Waals surface area contributed by atoms with E-state index in [1.165, 1.54) is 5.56 Å². The van der Waals surface area contributed by atoms with Gasteiger partial charge in [-0.25, -0.2) is 0 Å². The van der Waals surface area contributed by atoms with Crippen LogP contribution in [0, 0.1) is 5.92 Å². The van der Waals surface area contributed by atoms with E-state index in [9.17, 15) is 4.79 Å². The molecule has 1 amide bonds. The fourth-order valence-corrected chi connectivity index (χ4v) is 2.30. The predicted octanol–water partition coefficient (Wildman–Crippen LogP) is 2.08. The second-order valence-electron chi connectivity index (χ2n) is 5.06. The van der Waals surface area contributed by atoms with Crippen molar-refractivity contribution >= 4 is 11.6 Å². The number of carbonyl (C=O) groups is 1. The summed E-state index contributed by atoms with van der Waals surface area (Å²) in [5.41, 5.74) is 9.10. The van der Waals surface area contributed by atoms with E-state index in [1.807, 2.05) is 17.0 Å². The van der Waals surface area contributed by atoms with Crippen LogP contribution in [0.15, 0.2) is 18.2 Å². The average molecular weight is 232 g/mol. The molecule has 1 heterocycles. The van der Waals surface area contributed by atoms with Crippen molar-refractivity contribution in [3.8, 4) is 0 Å².